The number of fused-ring (bicyclic) bond motifs is 1. The fourth-order valence-corrected chi connectivity index (χ4v) is 3.54. The van der Waals surface area contributed by atoms with Gasteiger partial charge < -0.3 is 5.32 Å². The number of amides is 1. The minimum absolute atomic E-state index is 0.155. The number of hydrogen-bond acceptors (Lipinski definition) is 4. The summed E-state index contributed by atoms with van der Waals surface area (Å²) < 4.78 is 2.28. The maximum absolute atomic E-state index is 12.6. The summed E-state index contributed by atoms with van der Waals surface area (Å²) in [5, 5.41) is 3.40. The average molecular weight is 463 g/mol. The molecular formula is C23H19BrN4O2. The molecule has 4 rings (SSSR count). The molecule has 1 amide bonds. The lowest BCUT2D eigenvalue weighted by atomic mass is 10.1. The summed E-state index contributed by atoms with van der Waals surface area (Å²) in [6.07, 6.45) is 6.03. The van der Waals surface area contributed by atoms with Gasteiger partial charge in [0.25, 0.3) is 5.56 Å². The maximum Gasteiger partial charge on any atom is 0.261 e. The van der Waals surface area contributed by atoms with E-state index in [0.717, 1.165) is 22.1 Å². The third-order valence-corrected chi connectivity index (χ3v) is 5.25. The number of carbonyl (C=O) groups is 1. The van der Waals surface area contributed by atoms with Crippen molar-refractivity contribution in [2.24, 2.45) is 0 Å². The highest BCUT2D eigenvalue weighted by Gasteiger charge is 2.08. The molecular weight excluding hydrogens is 444 g/mol. The van der Waals surface area contributed by atoms with Crippen LogP contribution < -0.4 is 10.9 Å². The number of carbonyl (C=O) groups excluding carboxylic acids is 1. The molecule has 2 aromatic heterocycles. The van der Waals surface area contributed by atoms with Gasteiger partial charge in [0.05, 0.1) is 17.2 Å². The molecule has 0 fully saturated rings. The molecule has 2 aromatic carbocycles. The number of aromatic nitrogens is 3. The van der Waals surface area contributed by atoms with Crippen molar-refractivity contribution < 1.29 is 4.79 Å². The quantitative estimate of drug-likeness (QED) is 0.466. The van der Waals surface area contributed by atoms with Crippen LogP contribution in [0.5, 0.6) is 0 Å². The zero-order valence-corrected chi connectivity index (χ0v) is 17.7. The molecule has 0 unspecified atom stereocenters. The highest BCUT2D eigenvalue weighted by Crippen LogP contribution is 2.15. The molecule has 0 spiro atoms. The summed E-state index contributed by atoms with van der Waals surface area (Å²) >= 11 is 3.37. The Morgan fingerprint density at radius 2 is 1.73 bits per heavy atom. The van der Waals surface area contributed by atoms with Crippen molar-refractivity contribution in [2.45, 2.75) is 19.4 Å². The molecule has 7 heteroatoms. The lowest BCUT2D eigenvalue weighted by Crippen LogP contribution is -2.23. The Morgan fingerprint density at radius 1 is 1.00 bits per heavy atom. The number of halogens is 1. The topological polar surface area (TPSA) is 76.9 Å². The van der Waals surface area contributed by atoms with E-state index in [1.807, 2.05) is 42.5 Å². The van der Waals surface area contributed by atoms with Gasteiger partial charge in [-0.2, -0.15) is 0 Å². The van der Waals surface area contributed by atoms with Crippen molar-refractivity contribution in [1.29, 1.82) is 0 Å². The van der Waals surface area contributed by atoms with E-state index in [1.54, 1.807) is 24.5 Å². The number of nitrogens with zero attached hydrogens (tertiary/aromatic N) is 3. The smallest absolute Gasteiger partial charge is 0.261 e. The second-order valence-electron chi connectivity index (χ2n) is 6.93. The predicted molar refractivity (Wildman–Crippen MR) is 120 cm³/mol. The van der Waals surface area contributed by atoms with Crippen molar-refractivity contribution >= 4 is 38.4 Å². The molecule has 4 aromatic rings. The fraction of sp³-hybridized carbons (Fsp3) is 0.130. The predicted octanol–water partition coefficient (Wildman–Crippen LogP) is 4.17. The second-order valence-corrected chi connectivity index (χ2v) is 7.85. The first-order valence-electron chi connectivity index (χ1n) is 9.51. The van der Waals surface area contributed by atoms with Crippen LogP contribution in [-0.2, 0) is 17.8 Å². The molecule has 1 N–H and O–H groups in total. The zero-order chi connectivity index (χ0) is 20.9. The molecule has 0 aliphatic carbocycles. The second kappa shape index (κ2) is 9.00. The average Bonchev–Trinajstić information content (AvgIpc) is 2.76. The van der Waals surface area contributed by atoms with Gasteiger partial charge in [-0.05, 0) is 60.0 Å². The first-order chi connectivity index (χ1) is 14.6. The van der Waals surface area contributed by atoms with E-state index in [2.05, 4.69) is 31.2 Å². The molecule has 0 radical (unpaired) electrons. The van der Waals surface area contributed by atoms with E-state index in [-0.39, 0.29) is 24.4 Å². The summed E-state index contributed by atoms with van der Waals surface area (Å²) in [7, 11) is 0. The number of hydrogen-bond donors (Lipinski definition) is 1. The molecule has 6 nitrogen and oxygen atoms in total. The lowest BCUT2D eigenvalue weighted by Gasteiger charge is -2.09. The van der Waals surface area contributed by atoms with Crippen LogP contribution in [0.15, 0.2) is 82.6 Å². The molecule has 0 aliphatic heterocycles. The monoisotopic (exact) mass is 462 g/mol. The SMILES string of the molecule is O=C(CCn1cnc2ccc(Br)cc2c1=O)Nc1ccc(Cc2ccncc2)cc1. The van der Waals surface area contributed by atoms with Crippen LogP contribution in [-0.4, -0.2) is 20.4 Å². The standard InChI is InChI=1S/C23H19BrN4O2/c24-18-3-6-21-20(14-18)23(30)28(15-26-21)12-9-22(29)27-19-4-1-16(2-5-19)13-17-7-10-25-11-8-17/h1-8,10-11,14-15H,9,12-13H2,(H,27,29). The van der Waals surface area contributed by atoms with Gasteiger partial charge >= 0.3 is 0 Å². The number of nitrogens with one attached hydrogen (secondary N) is 1. The molecule has 30 heavy (non-hydrogen) atoms. The van der Waals surface area contributed by atoms with Crippen LogP contribution >= 0.6 is 15.9 Å². The summed E-state index contributed by atoms with van der Waals surface area (Å²) in [6.45, 7) is 0.264. The summed E-state index contributed by atoms with van der Waals surface area (Å²) in [5.41, 5.74) is 3.54. The number of aryl methyl sites for hydroxylation is 1. The third kappa shape index (κ3) is 4.80. The van der Waals surface area contributed by atoms with Crippen molar-refractivity contribution in [2.75, 3.05) is 5.32 Å². The van der Waals surface area contributed by atoms with Crippen LogP contribution in [0.1, 0.15) is 17.5 Å². The van der Waals surface area contributed by atoms with Crippen LogP contribution in [0.3, 0.4) is 0 Å². The van der Waals surface area contributed by atoms with Crippen molar-refractivity contribution in [3.05, 3.63) is 99.3 Å². The van der Waals surface area contributed by atoms with Gasteiger partial charge in [0.15, 0.2) is 0 Å². The Labute approximate surface area is 181 Å². The first-order valence-corrected chi connectivity index (χ1v) is 10.3. The van der Waals surface area contributed by atoms with Crippen molar-refractivity contribution in [3.8, 4) is 0 Å². The van der Waals surface area contributed by atoms with E-state index in [4.69, 9.17) is 0 Å². The van der Waals surface area contributed by atoms with Crippen LogP contribution in [0, 0.1) is 0 Å². The number of benzene rings is 2. The molecule has 150 valence electrons. The first kappa shape index (κ1) is 20.0. The number of anilines is 1. The Kier molecular flexibility index (Phi) is 5.99. The summed E-state index contributed by atoms with van der Waals surface area (Å²) in [4.78, 5) is 33.3. The number of pyridine rings is 1. The van der Waals surface area contributed by atoms with Crippen LogP contribution in [0.25, 0.3) is 10.9 Å². The van der Waals surface area contributed by atoms with Gasteiger partial charge in [0, 0.05) is 35.5 Å². The third-order valence-electron chi connectivity index (χ3n) is 4.76. The Morgan fingerprint density at radius 3 is 2.50 bits per heavy atom. The highest BCUT2D eigenvalue weighted by molar-refractivity contribution is 9.10. The number of rotatable bonds is 6. The van der Waals surface area contributed by atoms with E-state index >= 15 is 0 Å². The molecule has 0 bridgehead atoms. The van der Waals surface area contributed by atoms with Gasteiger partial charge in [0.2, 0.25) is 5.91 Å². The van der Waals surface area contributed by atoms with Crippen molar-refractivity contribution in [3.63, 3.8) is 0 Å². The molecule has 2 heterocycles. The molecule has 0 saturated carbocycles. The van der Waals surface area contributed by atoms with Crippen molar-refractivity contribution in [1.82, 2.24) is 14.5 Å². The Hall–Kier alpha value is -3.32. The largest absolute Gasteiger partial charge is 0.326 e. The fourth-order valence-electron chi connectivity index (χ4n) is 3.18. The van der Waals surface area contributed by atoms with Gasteiger partial charge in [-0.3, -0.25) is 19.1 Å². The molecule has 0 atom stereocenters. The normalized spacial score (nSPS) is 10.8. The lowest BCUT2D eigenvalue weighted by molar-refractivity contribution is -0.116. The van der Waals surface area contributed by atoms with E-state index in [9.17, 15) is 9.59 Å². The van der Waals surface area contributed by atoms with Gasteiger partial charge in [-0.15, -0.1) is 0 Å². The minimum atomic E-state index is -0.158. The van der Waals surface area contributed by atoms with Gasteiger partial charge in [-0.25, -0.2) is 4.98 Å². The summed E-state index contributed by atoms with van der Waals surface area (Å²) in [5.74, 6) is -0.155. The molecule has 0 saturated heterocycles. The Bertz CT molecular complexity index is 1240. The maximum atomic E-state index is 12.6. The van der Waals surface area contributed by atoms with E-state index in [1.165, 1.54) is 16.5 Å². The Balaban J connectivity index is 1.36. The highest BCUT2D eigenvalue weighted by atomic mass is 79.9. The van der Waals surface area contributed by atoms with Crippen LogP contribution in [0.4, 0.5) is 5.69 Å². The van der Waals surface area contributed by atoms with E-state index < -0.39 is 0 Å². The molecule has 0 aliphatic rings. The zero-order valence-electron chi connectivity index (χ0n) is 16.1. The van der Waals surface area contributed by atoms with E-state index in [0.29, 0.717) is 10.9 Å². The minimum Gasteiger partial charge on any atom is -0.326 e. The van der Waals surface area contributed by atoms with Crippen LogP contribution in [0.2, 0.25) is 0 Å². The van der Waals surface area contributed by atoms with Gasteiger partial charge in [0.1, 0.15) is 0 Å². The summed E-state index contributed by atoms with van der Waals surface area (Å²) in [6, 6.07) is 17.1. The van der Waals surface area contributed by atoms with Gasteiger partial charge in [-0.1, -0.05) is 28.1 Å².